The summed E-state index contributed by atoms with van der Waals surface area (Å²) in [5, 5.41) is 3.53. The second-order valence-electron chi connectivity index (χ2n) is 4.14. The van der Waals surface area contributed by atoms with E-state index in [0.717, 1.165) is 6.42 Å². The Morgan fingerprint density at radius 1 is 1.53 bits per heavy atom. The predicted octanol–water partition coefficient (Wildman–Crippen LogP) is 2.98. The van der Waals surface area contributed by atoms with Crippen LogP contribution in [0, 0.1) is 5.82 Å². The summed E-state index contributed by atoms with van der Waals surface area (Å²) in [6.07, 6.45) is 1.13. The lowest BCUT2D eigenvalue weighted by atomic mass is 10.1. The molecule has 0 aliphatic heterocycles. The fourth-order valence-corrected chi connectivity index (χ4v) is 1.57. The van der Waals surface area contributed by atoms with Crippen LogP contribution in [0.2, 0.25) is 5.02 Å². The fraction of sp³-hybridized carbons (Fsp3) is 0.462. The van der Waals surface area contributed by atoms with Crippen LogP contribution in [-0.4, -0.2) is 18.4 Å². The fourth-order valence-electron chi connectivity index (χ4n) is 1.39. The number of carbonyl (C=O) groups is 1. The van der Waals surface area contributed by atoms with E-state index in [-0.39, 0.29) is 18.0 Å². The number of hydrogen-bond acceptors (Lipinski definition) is 2. The summed E-state index contributed by atoms with van der Waals surface area (Å²) in [6, 6.07) is 4.38. The maximum absolute atomic E-state index is 13.0. The lowest BCUT2D eigenvalue weighted by molar-refractivity contribution is -0.117. The molecule has 0 spiro atoms. The molecule has 0 radical (unpaired) electrons. The third kappa shape index (κ3) is 4.84. The molecule has 1 N–H and O–H groups in total. The molecule has 94 valence electrons. The van der Waals surface area contributed by atoms with Crippen LogP contribution < -0.4 is 5.32 Å². The Balaban J connectivity index is 2.53. The predicted molar refractivity (Wildman–Crippen MR) is 67.9 cm³/mol. The third-order valence-corrected chi connectivity index (χ3v) is 3.02. The molecule has 17 heavy (non-hydrogen) atoms. The Hall–Kier alpha value is -0.930. The highest BCUT2D eigenvalue weighted by atomic mass is 35.5. The highest BCUT2D eigenvalue weighted by Crippen LogP contribution is 2.17. The number of carbonyl (C=O) groups excluding carboxylic acids is 1. The van der Waals surface area contributed by atoms with Crippen LogP contribution in [0.25, 0.3) is 0 Å². The minimum Gasteiger partial charge on any atom is -0.307 e. The summed E-state index contributed by atoms with van der Waals surface area (Å²) in [6.45, 7) is 4.36. The second kappa shape index (κ2) is 6.72. The molecule has 0 aromatic heterocycles. The van der Waals surface area contributed by atoms with Gasteiger partial charge in [0.15, 0.2) is 5.78 Å². The normalized spacial score (nSPS) is 12.5. The van der Waals surface area contributed by atoms with Gasteiger partial charge in [-0.3, -0.25) is 4.79 Å². The first kappa shape index (κ1) is 14.1. The zero-order valence-electron chi connectivity index (χ0n) is 10.1. The first-order valence-electron chi connectivity index (χ1n) is 5.72. The van der Waals surface area contributed by atoms with Gasteiger partial charge in [0, 0.05) is 17.5 Å². The van der Waals surface area contributed by atoms with Gasteiger partial charge in [0.1, 0.15) is 5.82 Å². The molecule has 1 aromatic carbocycles. The lowest BCUT2D eigenvalue weighted by Crippen LogP contribution is -2.31. The number of nitrogens with one attached hydrogen (secondary N) is 1. The molecular formula is C13H17ClFNO. The smallest absolute Gasteiger partial charge is 0.151 e. The van der Waals surface area contributed by atoms with Gasteiger partial charge in [0.2, 0.25) is 0 Å². The number of rotatable bonds is 6. The van der Waals surface area contributed by atoms with E-state index in [9.17, 15) is 9.18 Å². The van der Waals surface area contributed by atoms with Crippen LogP contribution in [0.15, 0.2) is 18.2 Å². The van der Waals surface area contributed by atoms with Crippen molar-refractivity contribution in [3.63, 3.8) is 0 Å². The van der Waals surface area contributed by atoms with Crippen molar-refractivity contribution in [2.75, 3.05) is 6.54 Å². The molecule has 1 unspecified atom stereocenters. The second-order valence-corrected chi connectivity index (χ2v) is 4.55. The van der Waals surface area contributed by atoms with E-state index in [4.69, 9.17) is 11.6 Å². The SMILES string of the molecule is CCC(C)NCC(=O)Cc1cc(F)ccc1Cl. The molecule has 0 saturated carbocycles. The van der Waals surface area contributed by atoms with E-state index in [1.165, 1.54) is 18.2 Å². The number of benzene rings is 1. The summed E-state index contributed by atoms with van der Waals surface area (Å²) in [4.78, 5) is 11.7. The zero-order chi connectivity index (χ0) is 12.8. The summed E-state index contributed by atoms with van der Waals surface area (Å²) in [5.74, 6) is -0.357. The van der Waals surface area contributed by atoms with Crippen molar-refractivity contribution in [2.24, 2.45) is 0 Å². The van der Waals surface area contributed by atoms with E-state index in [2.05, 4.69) is 5.32 Å². The van der Waals surface area contributed by atoms with Crippen LogP contribution in [0.3, 0.4) is 0 Å². The molecular weight excluding hydrogens is 241 g/mol. The topological polar surface area (TPSA) is 29.1 Å². The van der Waals surface area contributed by atoms with E-state index in [1.807, 2.05) is 13.8 Å². The molecule has 0 heterocycles. The number of ketones is 1. The molecule has 1 rings (SSSR count). The average Bonchev–Trinajstić information content (AvgIpc) is 2.30. The largest absolute Gasteiger partial charge is 0.307 e. The van der Waals surface area contributed by atoms with Crippen LogP contribution in [0.1, 0.15) is 25.8 Å². The van der Waals surface area contributed by atoms with E-state index < -0.39 is 0 Å². The minimum atomic E-state index is -0.368. The molecule has 0 aliphatic rings. The van der Waals surface area contributed by atoms with Gasteiger partial charge in [0.05, 0.1) is 6.54 Å². The highest BCUT2D eigenvalue weighted by molar-refractivity contribution is 6.31. The Labute approximate surface area is 106 Å². The maximum atomic E-state index is 13.0. The lowest BCUT2D eigenvalue weighted by Gasteiger charge is -2.10. The Morgan fingerprint density at radius 3 is 2.88 bits per heavy atom. The van der Waals surface area contributed by atoms with E-state index in [0.29, 0.717) is 23.2 Å². The molecule has 0 aliphatic carbocycles. The molecule has 4 heteroatoms. The van der Waals surface area contributed by atoms with Gasteiger partial charge in [-0.1, -0.05) is 18.5 Å². The zero-order valence-corrected chi connectivity index (χ0v) is 10.9. The maximum Gasteiger partial charge on any atom is 0.151 e. The van der Waals surface area contributed by atoms with Gasteiger partial charge < -0.3 is 5.32 Å². The van der Waals surface area contributed by atoms with Crippen molar-refractivity contribution >= 4 is 17.4 Å². The summed E-state index contributed by atoms with van der Waals surface area (Å²) >= 11 is 5.89. The molecule has 0 fully saturated rings. The van der Waals surface area contributed by atoms with Crippen molar-refractivity contribution < 1.29 is 9.18 Å². The van der Waals surface area contributed by atoms with Crippen LogP contribution in [0.5, 0.6) is 0 Å². The Bertz CT molecular complexity index is 395. The van der Waals surface area contributed by atoms with Crippen molar-refractivity contribution in [2.45, 2.75) is 32.7 Å². The summed E-state index contributed by atoms with van der Waals surface area (Å²) < 4.78 is 13.0. The van der Waals surface area contributed by atoms with Gasteiger partial charge in [0.25, 0.3) is 0 Å². The molecule has 0 saturated heterocycles. The van der Waals surface area contributed by atoms with Gasteiger partial charge >= 0.3 is 0 Å². The minimum absolute atomic E-state index is 0.0119. The number of halogens is 2. The summed E-state index contributed by atoms with van der Waals surface area (Å²) in [7, 11) is 0. The van der Waals surface area contributed by atoms with E-state index >= 15 is 0 Å². The third-order valence-electron chi connectivity index (χ3n) is 2.66. The molecule has 1 aromatic rings. The Morgan fingerprint density at radius 2 is 2.24 bits per heavy atom. The quantitative estimate of drug-likeness (QED) is 0.849. The monoisotopic (exact) mass is 257 g/mol. The first-order chi connectivity index (χ1) is 8.02. The van der Waals surface area contributed by atoms with Gasteiger partial charge in [-0.2, -0.15) is 0 Å². The summed E-state index contributed by atoms with van der Waals surface area (Å²) in [5.41, 5.74) is 0.544. The molecule has 2 nitrogen and oxygen atoms in total. The van der Waals surface area contributed by atoms with Crippen LogP contribution in [0.4, 0.5) is 4.39 Å². The van der Waals surface area contributed by atoms with Crippen molar-refractivity contribution in [1.29, 1.82) is 0 Å². The first-order valence-corrected chi connectivity index (χ1v) is 6.09. The molecule has 1 atom stereocenters. The van der Waals surface area contributed by atoms with Crippen molar-refractivity contribution in [3.8, 4) is 0 Å². The van der Waals surface area contributed by atoms with E-state index in [1.54, 1.807) is 0 Å². The number of hydrogen-bond donors (Lipinski definition) is 1. The Kier molecular flexibility index (Phi) is 5.59. The van der Waals surface area contributed by atoms with Gasteiger partial charge in [-0.05, 0) is 37.1 Å². The van der Waals surface area contributed by atoms with Crippen molar-refractivity contribution in [1.82, 2.24) is 5.32 Å². The highest BCUT2D eigenvalue weighted by Gasteiger charge is 2.09. The number of Topliss-reactive ketones (excluding diaryl/α,β-unsaturated/α-hetero) is 1. The molecule has 0 bridgehead atoms. The van der Waals surface area contributed by atoms with Crippen LogP contribution >= 0.6 is 11.6 Å². The van der Waals surface area contributed by atoms with Gasteiger partial charge in [-0.15, -0.1) is 0 Å². The average molecular weight is 258 g/mol. The van der Waals surface area contributed by atoms with Crippen molar-refractivity contribution in [3.05, 3.63) is 34.6 Å². The molecule has 0 amide bonds. The van der Waals surface area contributed by atoms with Gasteiger partial charge in [-0.25, -0.2) is 4.39 Å². The van der Waals surface area contributed by atoms with Crippen LogP contribution in [-0.2, 0) is 11.2 Å². The standard InChI is InChI=1S/C13H17ClFNO/c1-3-9(2)16-8-12(17)7-10-6-11(15)4-5-13(10)14/h4-6,9,16H,3,7-8H2,1-2H3.